The lowest BCUT2D eigenvalue weighted by atomic mass is 10.2. The van der Waals surface area contributed by atoms with E-state index in [2.05, 4.69) is 22.2 Å². The van der Waals surface area contributed by atoms with Crippen LogP contribution < -0.4 is 0 Å². The molecule has 2 heterocycles. The summed E-state index contributed by atoms with van der Waals surface area (Å²) in [4.78, 5) is 4.36. The van der Waals surface area contributed by atoms with Crippen molar-refractivity contribution in [3.8, 4) is 11.5 Å². The van der Waals surface area contributed by atoms with E-state index < -0.39 is 0 Å². The van der Waals surface area contributed by atoms with Gasteiger partial charge < -0.3 is 4.52 Å². The van der Waals surface area contributed by atoms with Gasteiger partial charge in [-0.3, -0.25) is 4.68 Å². The molecule has 0 N–H and O–H groups in total. The van der Waals surface area contributed by atoms with Crippen molar-refractivity contribution in [2.24, 2.45) is 7.05 Å². The topological polar surface area (TPSA) is 56.7 Å². The first kappa shape index (κ1) is 13.1. The maximum atomic E-state index is 6.18. The summed E-state index contributed by atoms with van der Waals surface area (Å²) >= 11 is 6.18. The van der Waals surface area contributed by atoms with Gasteiger partial charge in [-0.05, 0) is 12.8 Å². The molecule has 0 aromatic carbocycles. The summed E-state index contributed by atoms with van der Waals surface area (Å²) < 4.78 is 7.03. The van der Waals surface area contributed by atoms with Gasteiger partial charge in [-0.15, -0.1) is 11.6 Å². The molecule has 6 heteroatoms. The molecule has 0 fully saturated rings. The van der Waals surface area contributed by atoms with Crippen molar-refractivity contribution in [2.75, 3.05) is 0 Å². The molecular weight excluding hydrogens is 252 g/mol. The van der Waals surface area contributed by atoms with Gasteiger partial charge in [-0.2, -0.15) is 10.1 Å². The van der Waals surface area contributed by atoms with Crippen molar-refractivity contribution in [1.29, 1.82) is 0 Å². The van der Waals surface area contributed by atoms with Gasteiger partial charge in [0.25, 0.3) is 5.89 Å². The molecule has 0 saturated heterocycles. The van der Waals surface area contributed by atoms with Crippen LogP contribution in [0.5, 0.6) is 0 Å². The van der Waals surface area contributed by atoms with Crippen molar-refractivity contribution in [2.45, 2.75) is 38.5 Å². The Morgan fingerprint density at radius 2 is 2.22 bits per heavy atom. The number of aromatic nitrogens is 4. The Morgan fingerprint density at radius 1 is 1.44 bits per heavy atom. The van der Waals surface area contributed by atoms with Gasteiger partial charge in [0.1, 0.15) is 0 Å². The average Bonchev–Trinajstić information content (AvgIpc) is 2.95. The fraction of sp³-hybridized carbons (Fsp3) is 0.583. The molecule has 0 saturated carbocycles. The molecule has 98 valence electrons. The van der Waals surface area contributed by atoms with Crippen LogP contribution in [-0.2, 0) is 13.5 Å². The van der Waals surface area contributed by atoms with Crippen LogP contribution in [0.3, 0.4) is 0 Å². The molecule has 1 atom stereocenters. The van der Waals surface area contributed by atoms with Crippen molar-refractivity contribution < 1.29 is 4.52 Å². The number of alkyl halides is 1. The number of halogens is 1. The number of nitrogens with zero attached hydrogens (tertiary/aromatic N) is 4. The van der Waals surface area contributed by atoms with E-state index in [9.17, 15) is 0 Å². The predicted molar refractivity (Wildman–Crippen MR) is 69.4 cm³/mol. The van der Waals surface area contributed by atoms with E-state index in [1.165, 1.54) is 0 Å². The number of hydrogen-bond donors (Lipinski definition) is 0. The van der Waals surface area contributed by atoms with Crippen LogP contribution in [-0.4, -0.2) is 19.9 Å². The van der Waals surface area contributed by atoms with E-state index in [0.29, 0.717) is 11.7 Å². The Hall–Kier alpha value is -1.36. The van der Waals surface area contributed by atoms with Gasteiger partial charge in [0.15, 0.2) is 5.82 Å². The van der Waals surface area contributed by atoms with Crippen LogP contribution in [0.2, 0.25) is 0 Å². The van der Waals surface area contributed by atoms with Crippen LogP contribution >= 0.6 is 11.6 Å². The van der Waals surface area contributed by atoms with E-state index in [0.717, 1.165) is 30.5 Å². The zero-order valence-corrected chi connectivity index (χ0v) is 11.6. The first-order chi connectivity index (χ1) is 8.65. The summed E-state index contributed by atoms with van der Waals surface area (Å²) in [5.41, 5.74) is 1.84. The smallest absolute Gasteiger partial charge is 0.261 e. The second-order valence-corrected chi connectivity index (χ2v) is 4.76. The Bertz CT molecular complexity index is 520. The maximum absolute atomic E-state index is 6.18. The van der Waals surface area contributed by atoms with Crippen LogP contribution in [0.1, 0.15) is 43.6 Å². The van der Waals surface area contributed by atoms with Gasteiger partial charge >= 0.3 is 0 Å². The van der Waals surface area contributed by atoms with E-state index in [1.807, 2.05) is 20.2 Å². The molecule has 0 aliphatic heterocycles. The maximum Gasteiger partial charge on any atom is 0.261 e. The summed E-state index contributed by atoms with van der Waals surface area (Å²) in [5.74, 6) is 1.05. The van der Waals surface area contributed by atoms with Crippen LogP contribution in [0, 0.1) is 0 Å². The Kier molecular flexibility index (Phi) is 4.01. The SMILES string of the molecule is CCCC(Cl)c1noc(-c2cn(C)nc2CC)n1. The molecule has 2 aromatic heterocycles. The van der Waals surface area contributed by atoms with Gasteiger partial charge in [0.2, 0.25) is 0 Å². The number of hydrogen-bond acceptors (Lipinski definition) is 4. The minimum Gasteiger partial charge on any atom is -0.334 e. The summed E-state index contributed by atoms with van der Waals surface area (Å²) in [6, 6.07) is 0. The third-order valence-corrected chi connectivity index (χ3v) is 3.15. The minimum atomic E-state index is -0.186. The first-order valence-corrected chi connectivity index (χ1v) is 6.59. The standard InChI is InChI=1S/C12H17ClN4O/c1-4-6-9(13)11-14-12(18-16-11)8-7-17(3)15-10(8)5-2/h7,9H,4-6H2,1-3H3. The molecule has 0 spiro atoms. The molecule has 18 heavy (non-hydrogen) atoms. The van der Waals surface area contributed by atoms with Gasteiger partial charge in [0, 0.05) is 13.2 Å². The van der Waals surface area contributed by atoms with Crippen LogP contribution in [0.25, 0.3) is 11.5 Å². The van der Waals surface area contributed by atoms with E-state index in [1.54, 1.807) is 4.68 Å². The molecule has 0 bridgehead atoms. The Morgan fingerprint density at radius 3 is 2.89 bits per heavy atom. The lowest BCUT2D eigenvalue weighted by Crippen LogP contribution is -1.92. The lowest BCUT2D eigenvalue weighted by molar-refractivity contribution is 0.420. The van der Waals surface area contributed by atoms with Gasteiger partial charge in [-0.1, -0.05) is 25.4 Å². The van der Waals surface area contributed by atoms with Crippen molar-refractivity contribution in [3.05, 3.63) is 17.7 Å². The molecule has 0 radical (unpaired) electrons. The highest BCUT2D eigenvalue weighted by Crippen LogP contribution is 2.27. The van der Waals surface area contributed by atoms with Crippen molar-refractivity contribution in [1.82, 2.24) is 19.9 Å². The average molecular weight is 269 g/mol. The highest BCUT2D eigenvalue weighted by Gasteiger charge is 2.19. The molecule has 0 aliphatic rings. The monoisotopic (exact) mass is 268 g/mol. The van der Waals surface area contributed by atoms with Gasteiger partial charge in [-0.25, -0.2) is 0 Å². The Balaban J connectivity index is 2.28. The van der Waals surface area contributed by atoms with E-state index in [4.69, 9.17) is 16.1 Å². The normalized spacial score (nSPS) is 12.9. The van der Waals surface area contributed by atoms with E-state index >= 15 is 0 Å². The fourth-order valence-corrected chi connectivity index (χ4v) is 2.14. The fourth-order valence-electron chi connectivity index (χ4n) is 1.83. The third kappa shape index (κ3) is 2.56. The largest absolute Gasteiger partial charge is 0.334 e. The molecule has 1 unspecified atom stereocenters. The summed E-state index contributed by atoms with van der Waals surface area (Å²) in [5, 5.41) is 8.11. The Labute approximate surface area is 111 Å². The lowest BCUT2D eigenvalue weighted by Gasteiger charge is -1.99. The predicted octanol–water partition coefficient (Wildman–Crippen LogP) is 3.11. The molecule has 0 amide bonds. The molecule has 2 aromatic rings. The summed E-state index contributed by atoms with van der Waals surface area (Å²) in [6.07, 6.45) is 4.55. The second-order valence-electron chi connectivity index (χ2n) is 4.23. The quantitative estimate of drug-likeness (QED) is 0.782. The minimum absolute atomic E-state index is 0.186. The number of rotatable bonds is 5. The molecule has 2 rings (SSSR count). The van der Waals surface area contributed by atoms with Crippen LogP contribution in [0.4, 0.5) is 0 Å². The zero-order chi connectivity index (χ0) is 13.1. The van der Waals surface area contributed by atoms with Crippen molar-refractivity contribution in [3.63, 3.8) is 0 Å². The summed E-state index contributed by atoms with van der Waals surface area (Å²) in [7, 11) is 1.88. The van der Waals surface area contributed by atoms with Crippen LogP contribution in [0.15, 0.2) is 10.7 Å². The first-order valence-electron chi connectivity index (χ1n) is 6.16. The second kappa shape index (κ2) is 5.52. The summed E-state index contributed by atoms with van der Waals surface area (Å²) in [6.45, 7) is 4.12. The number of aryl methyl sites for hydroxylation is 2. The highest BCUT2D eigenvalue weighted by atomic mass is 35.5. The zero-order valence-electron chi connectivity index (χ0n) is 10.9. The van der Waals surface area contributed by atoms with Crippen molar-refractivity contribution >= 4 is 11.6 Å². The van der Waals surface area contributed by atoms with Gasteiger partial charge in [0.05, 0.1) is 16.6 Å². The highest BCUT2D eigenvalue weighted by molar-refractivity contribution is 6.20. The van der Waals surface area contributed by atoms with E-state index in [-0.39, 0.29) is 5.38 Å². The third-order valence-electron chi connectivity index (χ3n) is 2.73. The molecular formula is C12H17ClN4O. The molecule has 5 nitrogen and oxygen atoms in total. The molecule has 0 aliphatic carbocycles.